The summed E-state index contributed by atoms with van der Waals surface area (Å²) in [7, 11) is 0. The predicted octanol–water partition coefficient (Wildman–Crippen LogP) is 4.02. The minimum absolute atomic E-state index is 0.00451. The summed E-state index contributed by atoms with van der Waals surface area (Å²) < 4.78 is 4.85. The molecule has 13 nitrogen and oxygen atoms in total. The van der Waals surface area contributed by atoms with Gasteiger partial charge in [0, 0.05) is 59.2 Å². The zero-order chi connectivity index (χ0) is 30.6. The fraction of sp³-hybridized carbons (Fsp3) is 0.818. The van der Waals surface area contributed by atoms with Crippen LogP contribution in [0.4, 0.5) is 9.59 Å². The van der Waals surface area contributed by atoms with Crippen molar-refractivity contribution in [3.63, 3.8) is 0 Å². The molecule has 4 N–H and O–H groups in total. The van der Waals surface area contributed by atoms with Gasteiger partial charge in [0.05, 0.1) is 36.7 Å². The van der Waals surface area contributed by atoms with E-state index in [-0.39, 0.29) is 25.1 Å². The number of carbonyl (C=O) groups is 2. The quantitative estimate of drug-likeness (QED) is 0.0201. The number of hydrogen-bond donors (Lipinski definition) is 4. The summed E-state index contributed by atoms with van der Waals surface area (Å²) in [5.41, 5.74) is 0. The van der Waals surface area contributed by atoms with E-state index < -0.39 is 6.09 Å². The molecule has 2 amide bonds. The number of rotatable bonds is 31. The lowest BCUT2D eigenvalue weighted by Gasteiger charge is -2.05. The van der Waals surface area contributed by atoms with Crippen molar-refractivity contribution in [1.82, 2.24) is 10.6 Å². The van der Waals surface area contributed by atoms with Gasteiger partial charge in [-0.2, -0.15) is 9.78 Å². The number of thioether (sulfide) groups is 7. The van der Waals surface area contributed by atoms with Gasteiger partial charge in [-0.25, -0.2) is 14.8 Å². The van der Waals surface area contributed by atoms with E-state index in [9.17, 15) is 9.59 Å². The second-order valence-corrected chi connectivity index (χ2v) is 14.8. The number of ether oxygens (including phenoxy) is 1. The van der Waals surface area contributed by atoms with E-state index in [1.807, 2.05) is 0 Å². The third kappa shape index (κ3) is 36.2. The summed E-state index contributed by atoms with van der Waals surface area (Å²) in [5, 5.41) is 23.4. The Bertz CT molecular complexity index is 678. The normalized spacial score (nSPS) is 11.3. The molecule has 0 rings (SSSR count). The van der Waals surface area contributed by atoms with Gasteiger partial charge in [0.25, 0.3) is 5.24 Å². The number of amides is 2. The highest BCUT2D eigenvalue weighted by atomic mass is 32.2. The molecule has 0 radical (unpaired) electrons. The first-order valence-corrected chi connectivity index (χ1v) is 20.6. The average molecular weight is 731 g/mol. The van der Waals surface area contributed by atoms with Crippen LogP contribution in [0.2, 0.25) is 0 Å². The number of aliphatic hydroxyl groups excluding tert-OH is 2. The van der Waals surface area contributed by atoms with Gasteiger partial charge in [0.1, 0.15) is 5.94 Å². The van der Waals surface area contributed by atoms with Crippen LogP contribution in [0.1, 0.15) is 12.8 Å². The number of hydrogen-bond acceptors (Lipinski definition) is 18. The summed E-state index contributed by atoms with van der Waals surface area (Å²) in [5.74, 6) is 7.96. The van der Waals surface area contributed by atoms with Crippen molar-refractivity contribution in [2.24, 2.45) is 9.98 Å². The van der Waals surface area contributed by atoms with Crippen LogP contribution in [0.3, 0.4) is 0 Å². The molecule has 0 spiro atoms. The highest BCUT2D eigenvalue weighted by Crippen LogP contribution is 2.15. The van der Waals surface area contributed by atoms with Gasteiger partial charge in [-0.3, -0.25) is 4.79 Å². The smallest absolute Gasteiger partial charge is 0.407 e. The van der Waals surface area contributed by atoms with Gasteiger partial charge in [0.2, 0.25) is 12.8 Å². The molecule has 42 heavy (non-hydrogen) atoms. The van der Waals surface area contributed by atoms with Crippen molar-refractivity contribution in [2.45, 2.75) is 12.8 Å². The monoisotopic (exact) mass is 730 g/mol. The van der Waals surface area contributed by atoms with E-state index >= 15 is 0 Å². The summed E-state index contributed by atoms with van der Waals surface area (Å²) in [6.07, 6.45) is 3.04. The molecule has 0 heterocycles. The molecule has 0 aromatic rings. The third-order valence-electron chi connectivity index (χ3n) is 3.78. The first kappa shape index (κ1) is 42.0. The minimum Gasteiger partial charge on any atom is -0.449 e. The first-order chi connectivity index (χ1) is 20.7. The van der Waals surface area contributed by atoms with E-state index in [0.717, 1.165) is 34.5 Å². The summed E-state index contributed by atoms with van der Waals surface area (Å²) in [6, 6.07) is 0. The Morgan fingerprint density at radius 1 is 0.690 bits per heavy atom. The molecule has 0 saturated heterocycles. The fourth-order valence-electron chi connectivity index (χ4n) is 1.91. The zero-order valence-corrected chi connectivity index (χ0v) is 29.1. The molecule has 0 unspecified atom stereocenters. The summed E-state index contributed by atoms with van der Waals surface area (Å²) >= 11 is 11.1. The summed E-state index contributed by atoms with van der Waals surface area (Å²) in [4.78, 5) is 50.7. The van der Waals surface area contributed by atoms with Crippen molar-refractivity contribution in [2.75, 3.05) is 95.5 Å². The molecule has 0 aliphatic carbocycles. The Balaban J connectivity index is 3.26. The van der Waals surface area contributed by atoms with E-state index in [1.165, 1.54) is 24.6 Å². The van der Waals surface area contributed by atoms with Gasteiger partial charge >= 0.3 is 6.09 Å². The van der Waals surface area contributed by atoms with Crippen molar-refractivity contribution in [3.05, 3.63) is 0 Å². The molecular formula is C22H42N4O9S7. The standard InChI is InChI=1S/C22H42N4O9S7/c27-3-1-5-31-21(29)25-17-38-9-7-36-16-24-14-34-35-19-40-11-12-41-20-42-22(30)26-18-39-10-8-37-15-23-13-33-32-6-2-4-28/h13-14,27-28H,1-12,15-20H2,(H,25,29)(H,26,30)/b23-13+,24-14-. The van der Waals surface area contributed by atoms with Crippen molar-refractivity contribution < 1.29 is 44.1 Å². The first-order valence-electron chi connectivity index (χ1n) is 12.7. The number of nitrogens with one attached hydrogen (secondary N) is 2. The molecule has 246 valence electrons. The molecule has 0 aliphatic heterocycles. The van der Waals surface area contributed by atoms with Crippen LogP contribution in [-0.4, -0.2) is 130 Å². The van der Waals surface area contributed by atoms with Crippen molar-refractivity contribution >= 4 is 106 Å². The van der Waals surface area contributed by atoms with E-state index in [4.69, 9.17) is 34.5 Å². The Labute approximate surface area is 277 Å². The van der Waals surface area contributed by atoms with Gasteiger partial charge < -0.3 is 35.4 Å². The van der Waals surface area contributed by atoms with Crippen LogP contribution in [-0.2, 0) is 24.3 Å². The van der Waals surface area contributed by atoms with Gasteiger partial charge in [0.15, 0.2) is 0 Å². The van der Waals surface area contributed by atoms with Gasteiger partial charge in [-0.1, -0.05) is 11.8 Å². The van der Waals surface area contributed by atoms with Crippen LogP contribution in [0.15, 0.2) is 9.98 Å². The Kier molecular flexibility index (Phi) is 37.1. The maximum atomic E-state index is 11.8. The lowest BCUT2D eigenvalue weighted by Crippen LogP contribution is -2.24. The van der Waals surface area contributed by atoms with E-state index in [1.54, 1.807) is 70.6 Å². The van der Waals surface area contributed by atoms with Crippen LogP contribution in [0, 0.1) is 0 Å². The molecule has 0 fully saturated rings. The maximum Gasteiger partial charge on any atom is 0.407 e. The van der Waals surface area contributed by atoms with Crippen LogP contribution in [0.5, 0.6) is 0 Å². The average Bonchev–Trinajstić information content (AvgIpc) is 2.99. The molecule has 0 aromatic carbocycles. The maximum absolute atomic E-state index is 11.8. The molecule has 0 bridgehead atoms. The van der Waals surface area contributed by atoms with E-state index in [2.05, 4.69) is 20.6 Å². The predicted molar refractivity (Wildman–Crippen MR) is 184 cm³/mol. The Morgan fingerprint density at radius 2 is 1.26 bits per heavy atom. The largest absolute Gasteiger partial charge is 0.449 e. The molecule has 0 aliphatic rings. The molecule has 0 aromatic heterocycles. The minimum atomic E-state index is -0.469. The molecule has 0 saturated carbocycles. The fourth-order valence-corrected chi connectivity index (χ4v) is 7.81. The molecule has 20 heteroatoms. The van der Waals surface area contributed by atoms with Gasteiger partial charge in [-0.05, 0) is 6.42 Å². The second-order valence-electron chi connectivity index (χ2n) is 7.02. The number of nitrogens with zero attached hydrogens (tertiary/aromatic N) is 2. The SMILES string of the molecule is O=C(NCSCCSC/N=C\OOCSCCSCSC(=O)NCSCCSC/N=C/OOCCCO)OCCCO. The van der Waals surface area contributed by atoms with Crippen molar-refractivity contribution in [3.8, 4) is 0 Å². The lowest BCUT2D eigenvalue weighted by molar-refractivity contribution is -0.217. The number of aliphatic hydroxyl groups is 2. The second kappa shape index (κ2) is 37.2. The number of carbonyl (C=O) groups excluding carboxylic acids is 2. The van der Waals surface area contributed by atoms with Crippen LogP contribution < -0.4 is 10.6 Å². The Hall–Kier alpha value is -0.0300. The third-order valence-corrected chi connectivity index (χ3v) is 10.7. The highest BCUT2D eigenvalue weighted by Gasteiger charge is 2.02. The van der Waals surface area contributed by atoms with Crippen LogP contribution in [0.25, 0.3) is 0 Å². The van der Waals surface area contributed by atoms with Crippen LogP contribution >= 0.6 is 82.3 Å². The number of aliphatic imine (C=N–C) groups is 2. The number of alkyl carbamates (subject to hydrolysis) is 1. The lowest BCUT2D eigenvalue weighted by atomic mass is 10.5. The Morgan fingerprint density at radius 3 is 1.95 bits per heavy atom. The van der Waals surface area contributed by atoms with Gasteiger partial charge in [-0.15, -0.1) is 70.6 Å². The highest BCUT2D eigenvalue weighted by molar-refractivity contribution is 8.24. The topological polar surface area (TPSA) is 170 Å². The summed E-state index contributed by atoms with van der Waals surface area (Å²) in [6.45, 7) is 0.620. The molecule has 0 atom stereocenters. The molecular weight excluding hydrogens is 689 g/mol. The zero-order valence-electron chi connectivity index (χ0n) is 23.4. The van der Waals surface area contributed by atoms with Crippen molar-refractivity contribution in [1.29, 1.82) is 0 Å². The van der Waals surface area contributed by atoms with E-state index in [0.29, 0.717) is 54.0 Å².